The molecule has 0 saturated heterocycles. The summed E-state index contributed by atoms with van der Waals surface area (Å²) in [6.07, 6.45) is 0.496. The maximum absolute atomic E-state index is 13.5. The highest BCUT2D eigenvalue weighted by Gasteiger charge is 2.22. The summed E-state index contributed by atoms with van der Waals surface area (Å²) >= 11 is 0. The molecular formula is C16H18F2O2. The lowest BCUT2D eigenvalue weighted by molar-refractivity contribution is 0.0366. The molecule has 108 valence electrons. The van der Waals surface area contributed by atoms with Crippen LogP contribution in [0.3, 0.4) is 0 Å². The second-order valence-corrected chi connectivity index (χ2v) is 4.79. The number of hydrogen-bond acceptors (Lipinski definition) is 2. The largest absolute Gasteiger partial charge is 0.445 e. The van der Waals surface area contributed by atoms with Crippen LogP contribution >= 0.6 is 0 Å². The standard InChI is InChI=1S/C16H18F2O2/c1-4-5-7-12(10-11(2)3)20-16(19)15-13(17)8-6-9-14(15)18/h6,8-9,11-12H,4,10H2,1-3H3. The molecule has 0 saturated carbocycles. The zero-order valence-corrected chi connectivity index (χ0v) is 11.9. The van der Waals surface area contributed by atoms with Crippen LogP contribution in [0.15, 0.2) is 18.2 Å². The van der Waals surface area contributed by atoms with Crippen LogP contribution in [-0.4, -0.2) is 12.1 Å². The third-order valence-electron chi connectivity index (χ3n) is 2.54. The van der Waals surface area contributed by atoms with Crippen molar-refractivity contribution in [1.82, 2.24) is 0 Å². The molecule has 0 spiro atoms. The van der Waals surface area contributed by atoms with E-state index in [1.165, 1.54) is 6.07 Å². The summed E-state index contributed by atoms with van der Waals surface area (Å²) in [6, 6.07) is 3.24. The van der Waals surface area contributed by atoms with Gasteiger partial charge in [0.2, 0.25) is 0 Å². The van der Waals surface area contributed by atoms with Crippen molar-refractivity contribution >= 4 is 5.97 Å². The molecule has 0 N–H and O–H groups in total. The Labute approximate surface area is 118 Å². The molecule has 1 aromatic rings. The van der Waals surface area contributed by atoms with E-state index < -0.39 is 29.3 Å². The maximum atomic E-state index is 13.5. The van der Waals surface area contributed by atoms with Gasteiger partial charge in [0, 0.05) is 6.42 Å². The quantitative estimate of drug-likeness (QED) is 0.616. The van der Waals surface area contributed by atoms with Crippen molar-refractivity contribution < 1.29 is 18.3 Å². The van der Waals surface area contributed by atoms with E-state index in [1.807, 2.05) is 20.8 Å². The van der Waals surface area contributed by atoms with Gasteiger partial charge in [0.25, 0.3) is 0 Å². The Hall–Kier alpha value is -1.89. The summed E-state index contributed by atoms with van der Waals surface area (Å²) in [5, 5.41) is 0. The van der Waals surface area contributed by atoms with Crippen LogP contribution < -0.4 is 0 Å². The Morgan fingerprint density at radius 1 is 1.30 bits per heavy atom. The Balaban J connectivity index is 2.90. The number of benzene rings is 1. The summed E-state index contributed by atoms with van der Waals surface area (Å²) in [4.78, 5) is 11.9. The molecular weight excluding hydrogens is 262 g/mol. The molecule has 0 aliphatic rings. The minimum atomic E-state index is -1.02. The average molecular weight is 280 g/mol. The molecule has 2 nitrogen and oxygen atoms in total. The molecule has 0 aromatic heterocycles. The molecule has 20 heavy (non-hydrogen) atoms. The molecule has 1 aromatic carbocycles. The van der Waals surface area contributed by atoms with Crippen molar-refractivity contribution in [1.29, 1.82) is 0 Å². The number of rotatable bonds is 4. The van der Waals surface area contributed by atoms with Crippen LogP contribution in [0.5, 0.6) is 0 Å². The first kappa shape index (κ1) is 16.2. The van der Waals surface area contributed by atoms with Gasteiger partial charge >= 0.3 is 5.97 Å². The zero-order valence-electron chi connectivity index (χ0n) is 11.9. The van der Waals surface area contributed by atoms with Gasteiger partial charge in [-0.3, -0.25) is 0 Å². The molecule has 1 unspecified atom stereocenters. The Kier molecular flexibility index (Phi) is 6.17. The van der Waals surface area contributed by atoms with E-state index in [0.29, 0.717) is 12.8 Å². The zero-order chi connectivity index (χ0) is 15.1. The van der Waals surface area contributed by atoms with Gasteiger partial charge in [-0.1, -0.05) is 38.7 Å². The Bertz CT molecular complexity index is 507. The lowest BCUT2D eigenvalue weighted by Crippen LogP contribution is -2.20. The maximum Gasteiger partial charge on any atom is 0.345 e. The molecule has 0 aliphatic carbocycles. The smallest absolute Gasteiger partial charge is 0.345 e. The average Bonchev–Trinajstić information content (AvgIpc) is 2.35. The van der Waals surface area contributed by atoms with Crippen molar-refractivity contribution in [2.75, 3.05) is 0 Å². The summed E-state index contributed by atoms with van der Waals surface area (Å²) in [7, 11) is 0. The molecule has 0 bridgehead atoms. The van der Waals surface area contributed by atoms with E-state index in [4.69, 9.17) is 4.74 Å². The number of ether oxygens (including phenoxy) is 1. The number of hydrogen-bond donors (Lipinski definition) is 0. The van der Waals surface area contributed by atoms with Crippen molar-refractivity contribution in [3.8, 4) is 11.8 Å². The van der Waals surface area contributed by atoms with Crippen molar-refractivity contribution in [2.45, 2.75) is 39.7 Å². The molecule has 0 heterocycles. The van der Waals surface area contributed by atoms with Gasteiger partial charge in [0.1, 0.15) is 17.2 Å². The number of carbonyl (C=O) groups excluding carboxylic acids is 1. The number of halogens is 2. The van der Waals surface area contributed by atoms with Crippen LogP contribution in [0, 0.1) is 29.4 Å². The predicted molar refractivity (Wildman–Crippen MR) is 73.1 cm³/mol. The van der Waals surface area contributed by atoms with Gasteiger partial charge in [-0.2, -0.15) is 0 Å². The van der Waals surface area contributed by atoms with E-state index in [1.54, 1.807) is 0 Å². The van der Waals surface area contributed by atoms with E-state index in [9.17, 15) is 13.6 Å². The van der Waals surface area contributed by atoms with Gasteiger partial charge in [0.15, 0.2) is 6.10 Å². The fourth-order valence-electron chi connectivity index (χ4n) is 1.66. The van der Waals surface area contributed by atoms with Crippen LogP contribution in [0.1, 0.15) is 44.0 Å². The first-order chi connectivity index (χ1) is 9.45. The molecule has 4 heteroatoms. The highest BCUT2D eigenvalue weighted by molar-refractivity contribution is 5.90. The fourth-order valence-corrected chi connectivity index (χ4v) is 1.66. The third-order valence-corrected chi connectivity index (χ3v) is 2.54. The van der Waals surface area contributed by atoms with Crippen LogP contribution in [-0.2, 0) is 4.74 Å². The lowest BCUT2D eigenvalue weighted by Gasteiger charge is -2.15. The highest BCUT2D eigenvalue weighted by Crippen LogP contribution is 2.16. The third kappa shape index (κ3) is 4.65. The van der Waals surface area contributed by atoms with E-state index in [-0.39, 0.29) is 5.92 Å². The summed E-state index contributed by atoms with van der Waals surface area (Å²) in [5.74, 6) is 3.01. The van der Waals surface area contributed by atoms with E-state index in [0.717, 1.165) is 12.1 Å². The second-order valence-electron chi connectivity index (χ2n) is 4.79. The Morgan fingerprint density at radius 2 is 1.90 bits per heavy atom. The molecule has 1 atom stereocenters. The Morgan fingerprint density at radius 3 is 2.40 bits per heavy atom. The van der Waals surface area contributed by atoms with E-state index >= 15 is 0 Å². The molecule has 0 radical (unpaired) electrons. The highest BCUT2D eigenvalue weighted by atomic mass is 19.1. The van der Waals surface area contributed by atoms with Crippen LogP contribution in [0.4, 0.5) is 8.78 Å². The molecule has 1 rings (SSSR count). The molecule has 0 fully saturated rings. The number of esters is 1. The monoisotopic (exact) mass is 280 g/mol. The van der Waals surface area contributed by atoms with Gasteiger partial charge in [0.05, 0.1) is 0 Å². The van der Waals surface area contributed by atoms with Crippen LogP contribution in [0.2, 0.25) is 0 Å². The SMILES string of the molecule is CCC#CC(CC(C)C)OC(=O)c1c(F)cccc1F. The molecule has 0 aliphatic heterocycles. The predicted octanol–water partition coefficient (Wildman–Crippen LogP) is 3.95. The first-order valence-electron chi connectivity index (χ1n) is 6.59. The second kappa shape index (κ2) is 7.64. The van der Waals surface area contributed by atoms with Crippen molar-refractivity contribution in [3.05, 3.63) is 35.4 Å². The van der Waals surface area contributed by atoms with E-state index in [2.05, 4.69) is 11.8 Å². The van der Waals surface area contributed by atoms with Crippen LogP contribution in [0.25, 0.3) is 0 Å². The summed E-state index contributed by atoms with van der Waals surface area (Å²) < 4.78 is 32.1. The first-order valence-corrected chi connectivity index (χ1v) is 6.59. The number of carbonyl (C=O) groups is 1. The summed E-state index contributed by atoms with van der Waals surface area (Å²) in [6.45, 7) is 5.79. The minimum Gasteiger partial charge on any atom is -0.445 e. The van der Waals surface area contributed by atoms with Crippen molar-refractivity contribution in [3.63, 3.8) is 0 Å². The van der Waals surface area contributed by atoms with Gasteiger partial charge in [-0.05, 0) is 24.5 Å². The van der Waals surface area contributed by atoms with Gasteiger partial charge in [-0.15, -0.1) is 0 Å². The normalized spacial score (nSPS) is 11.7. The lowest BCUT2D eigenvalue weighted by atomic mass is 10.1. The topological polar surface area (TPSA) is 26.3 Å². The van der Waals surface area contributed by atoms with Crippen molar-refractivity contribution in [2.24, 2.45) is 5.92 Å². The van der Waals surface area contributed by atoms with Gasteiger partial charge < -0.3 is 4.74 Å². The summed E-state index contributed by atoms with van der Waals surface area (Å²) in [5.41, 5.74) is -0.667. The molecule has 0 amide bonds. The fraction of sp³-hybridized carbons (Fsp3) is 0.438. The van der Waals surface area contributed by atoms with Gasteiger partial charge in [-0.25, -0.2) is 13.6 Å². The minimum absolute atomic E-state index is 0.254.